The summed E-state index contributed by atoms with van der Waals surface area (Å²) >= 11 is 9.22. The van der Waals surface area contributed by atoms with E-state index in [2.05, 4.69) is 21.2 Å². The molecule has 1 atom stereocenters. The van der Waals surface area contributed by atoms with Crippen LogP contribution in [0.5, 0.6) is 0 Å². The number of ether oxygens (including phenoxy) is 1. The zero-order valence-corrected chi connectivity index (χ0v) is 13.1. The van der Waals surface area contributed by atoms with E-state index < -0.39 is 6.04 Å². The summed E-state index contributed by atoms with van der Waals surface area (Å²) in [5.41, 5.74) is 1.63. The van der Waals surface area contributed by atoms with Crippen LogP contribution in [0.1, 0.15) is 11.6 Å². The van der Waals surface area contributed by atoms with E-state index in [9.17, 15) is 4.79 Å². The normalized spacial score (nSPS) is 11.8. The van der Waals surface area contributed by atoms with E-state index in [4.69, 9.17) is 16.3 Å². The molecule has 0 aromatic heterocycles. The van der Waals surface area contributed by atoms with Gasteiger partial charge in [0.1, 0.15) is 0 Å². The van der Waals surface area contributed by atoms with Gasteiger partial charge in [0.05, 0.1) is 7.11 Å². The third kappa shape index (κ3) is 3.74. The average molecular weight is 355 g/mol. The Morgan fingerprint density at radius 1 is 1.15 bits per heavy atom. The van der Waals surface area contributed by atoms with Crippen molar-refractivity contribution in [3.05, 3.63) is 63.6 Å². The standard InChI is InChI=1S/C15H13BrClNO2/c1-20-15(19)14(10-2-4-11(16)5-3-10)18-13-8-6-12(17)7-9-13/h2-9,14,18H,1H3. The predicted octanol–water partition coefficient (Wildman–Crippen LogP) is 4.43. The largest absolute Gasteiger partial charge is 0.467 e. The Kier molecular flexibility index (Phi) is 5.04. The minimum Gasteiger partial charge on any atom is -0.467 e. The molecule has 104 valence electrons. The molecule has 0 radical (unpaired) electrons. The van der Waals surface area contributed by atoms with Crippen molar-refractivity contribution in [3.8, 4) is 0 Å². The minimum atomic E-state index is -0.561. The maximum Gasteiger partial charge on any atom is 0.332 e. The molecule has 5 heteroatoms. The molecule has 0 heterocycles. The second-order valence-corrected chi connectivity index (χ2v) is 5.51. The summed E-state index contributed by atoms with van der Waals surface area (Å²) in [4.78, 5) is 11.9. The Labute approximate surface area is 131 Å². The van der Waals surface area contributed by atoms with Crippen LogP contribution in [-0.2, 0) is 9.53 Å². The lowest BCUT2D eigenvalue weighted by atomic mass is 10.1. The fourth-order valence-electron chi connectivity index (χ4n) is 1.76. The number of rotatable bonds is 4. The molecule has 2 aromatic rings. The number of benzene rings is 2. The van der Waals surface area contributed by atoms with Crippen molar-refractivity contribution in [2.75, 3.05) is 12.4 Å². The van der Waals surface area contributed by atoms with Crippen LogP contribution >= 0.6 is 27.5 Å². The van der Waals surface area contributed by atoms with Gasteiger partial charge in [-0.3, -0.25) is 0 Å². The number of carbonyl (C=O) groups excluding carboxylic acids is 1. The zero-order valence-electron chi connectivity index (χ0n) is 10.8. The Hall–Kier alpha value is -1.52. The molecule has 0 saturated carbocycles. The molecule has 20 heavy (non-hydrogen) atoms. The fraction of sp³-hybridized carbons (Fsp3) is 0.133. The molecule has 0 bridgehead atoms. The average Bonchev–Trinajstić information content (AvgIpc) is 2.47. The number of methoxy groups -OCH3 is 1. The first kappa shape index (κ1) is 14.9. The monoisotopic (exact) mass is 353 g/mol. The van der Waals surface area contributed by atoms with Crippen molar-refractivity contribution >= 4 is 39.2 Å². The van der Waals surface area contributed by atoms with Gasteiger partial charge in [0.2, 0.25) is 0 Å². The quantitative estimate of drug-likeness (QED) is 0.826. The molecule has 0 aliphatic heterocycles. The summed E-state index contributed by atoms with van der Waals surface area (Å²) in [6, 6.07) is 14.1. The second-order valence-electron chi connectivity index (χ2n) is 4.16. The molecular formula is C15H13BrClNO2. The number of hydrogen-bond acceptors (Lipinski definition) is 3. The molecule has 1 N–H and O–H groups in total. The van der Waals surface area contributed by atoms with Crippen molar-refractivity contribution in [2.45, 2.75) is 6.04 Å². The molecule has 0 spiro atoms. The van der Waals surface area contributed by atoms with Crippen molar-refractivity contribution in [2.24, 2.45) is 0 Å². The molecule has 3 nitrogen and oxygen atoms in total. The third-order valence-electron chi connectivity index (χ3n) is 2.80. The summed E-state index contributed by atoms with van der Waals surface area (Å²) in [5, 5.41) is 3.79. The first-order valence-electron chi connectivity index (χ1n) is 5.95. The predicted molar refractivity (Wildman–Crippen MR) is 84.0 cm³/mol. The highest BCUT2D eigenvalue weighted by molar-refractivity contribution is 9.10. The van der Waals surface area contributed by atoms with Crippen LogP contribution in [0.15, 0.2) is 53.0 Å². The molecule has 2 aromatic carbocycles. The van der Waals surface area contributed by atoms with E-state index >= 15 is 0 Å². The number of esters is 1. The summed E-state index contributed by atoms with van der Waals surface area (Å²) < 4.78 is 5.81. The van der Waals surface area contributed by atoms with Gasteiger partial charge in [0.15, 0.2) is 6.04 Å². The molecule has 0 amide bonds. The SMILES string of the molecule is COC(=O)C(Nc1ccc(Cl)cc1)c1ccc(Br)cc1. The van der Waals surface area contributed by atoms with Crippen molar-refractivity contribution in [1.29, 1.82) is 0 Å². The second kappa shape index (κ2) is 6.77. The Morgan fingerprint density at radius 3 is 2.30 bits per heavy atom. The molecule has 0 aliphatic rings. The summed E-state index contributed by atoms with van der Waals surface area (Å²) in [5.74, 6) is -0.345. The first-order chi connectivity index (χ1) is 9.60. The summed E-state index contributed by atoms with van der Waals surface area (Å²) in [6.07, 6.45) is 0. The van der Waals surface area contributed by atoms with Gasteiger partial charge in [-0.25, -0.2) is 4.79 Å². The number of halogens is 2. The van der Waals surface area contributed by atoms with Gasteiger partial charge < -0.3 is 10.1 Å². The van der Waals surface area contributed by atoms with Gasteiger partial charge >= 0.3 is 5.97 Å². The third-order valence-corrected chi connectivity index (χ3v) is 3.58. The number of nitrogens with one attached hydrogen (secondary N) is 1. The Morgan fingerprint density at radius 2 is 1.75 bits per heavy atom. The minimum absolute atomic E-state index is 0.345. The van der Waals surface area contributed by atoms with E-state index in [1.165, 1.54) is 7.11 Å². The first-order valence-corrected chi connectivity index (χ1v) is 7.12. The molecule has 0 saturated heterocycles. The molecule has 0 aliphatic carbocycles. The van der Waals surface area contributed by atoms with Crippen LogP contribution in [-0.4, -0.2) is 13.1 Å². The molecule has 2 rings (SSSR count). The number of carbonyl (C=O) groups is 1. The van der Waals surface area contributed by atoms with E-state index in [1.54, 1.807) is 12.1 Å². The van der Waals surface area contributed by atoms with Crippen LogP contribution in [0.2, 0.25) is 5.02 Å². The Bertz CT molecular complexity index is 584. The van der Waals surface area contributed by atoms with Gasteiger partial charge in [0, 0.05) is 15.2 Å². The van der Waals surface area contributed by atoms with Gasteiger partial charge in [-0.05, 0) is 42.0 Å². The van der Waals surface area contributed by atoms with E-state index in [-0.39, 0.29) is 5.97 Å². The van der Waals surface area contributed by atoms with Crippen LogP contribution in [0.4, 0.5) is 5.69 Å². The Balaban J connectivity index is 2.26. The van der Waals surface area contributed by atoms with Gasteiger partial charge in [-0.1, -0.05) is 39.7 Å². The van der Waals surface area contributed by atoms with Crippen LogP contribution < -0.4 is 5.32 Å². The van der Waals surface area contributed by atoms with E-state index in [0.717, 1.165) is 15.7 Å². The maximum absolute atomic E-state index is 11.9. The highest BCUT2D eigenvalue weighted by Gasteiger charge is 2.21. The fourth-order valence-corrected chi connectivity index (χ4v) is 2.15. The topological polar surface area (TPSA) is 38.3 Å². The highest BCUT2D eigenvalue weighted by atomic mass is 79.9. The van der Waals surface area contributed by atoms with Gasteiger partial charge in [-0.15, -0.1) is 0 Å². The van der Waals surface area contributed by atoms with Crippen molar-refractivity contribution in [1.82, 2.24) is 0 Å². The van der Waals surface area contributed by atoms with Gasteiger partial charge in [0.25, 0.3) is 0 Å². The maximum atomic E-state index is 11.9. The molecule has 0 fully saturated rings. The van der Waals surface area contributed by atoms with Crippen LogP contribution in [0.3, 0.4) is 0 Å². The van der Waals surface area contributed by atoms with Crippen molar-refractivity contribution in [3.63, 3.8) is 0 Å². The number of anilines is 1. The van der Waals surface area contributed by atoms with E-state index in [1.807, 2.05) is 36.4 Å². The van der Waals surface area contributed by atoms with E-state index in [0.29, 0.717) is 5.02 Å². The highest BCUT2D eigenvalue weighted by Crippen LogP contribution is 2.23. The zero-order chi connectivity index (χ0) is 14.5. The number of hydrogen-bond donors (Lipinski definition) is 1. The lowest BCUT2D eigenvalue weighted by Gasteiger charge is -2.18. The summed E-state index contributed by atoms with van der Waals surface area (Å²) in [6.45, 7) is 0. The molecular weight excluding hydrogens is 342 g/mol. The van der Waals surface area contributed by atoms with Crippen LogP contribution in [0, 0.1) is 0 Å². The smallest absolute Gasteiger partial charge is 0.332 e. The molecule has 1 unspecified atom stereocenters. The summed E-state index contributed by atoms with van der Waals surface area (Å²) in [7, 11) is 1.37. The lowest BCUT2D eigenvalue weighted by Crippen LogP contribution is -2.22. The van der Waals surface area contributed by atoms with Crippen LogP contribution in [0.25, 0.3) is 0 Å². The van der Waals surface area contributed by atoms with Crippen molar-refractivity contribution < 1.29 is 9.53 Å². The van der Waals surface area contributed by atoms with Gasteiger partial charge in [-0.2, -0.15) is 0 Å². The lowest BCUT2D eigenvalue weighted by molar-refractivity contribution is -0.141.